The van der Waals surface area contributed by atoms with E-state index in [4.69, 9.17) is 9.57 Å². The molecule has 0 unspecified atom stereocenters. The Kier molecular flexibility index (Phi) is 6.56. The number of anilines is 1. The molecule has 2 saturated carbocycles. The van der Waals surface area contributed by atoms with Gasteiger partial charge < -0.3 is 10.1 Å². The van der Waals surface area contributed by atoms with Gasteiger partial charge in [-0.15, -0.1) is 0 Å². The highest BCUT2D eigenvalue weighted by atomic mass is 16.6. The molecule has 2 fully saturated rings. The first-order valence-corrected chi connectivity index (χ1v) is 9.75. The Morgan fingerprint density at radius 2 is 1.80 bits per heavy atom. The lowest BCUT2D eigenvalue weighted by atomic mass is 9.95. The molecule has 2 aliphatic carbocycles. The van der Waals surface area contributed by atoms with Gasteiger partial charge in [-0.05, 0) is 57.6 Å². The van der Waals surface area contributed by atoms with Crippen LogP contribution in [0.1, 0.15) is 75.1 Å². The maximum Gasteiger partial charge on any atom is 0.276 e. The number of carbonyl (C=O) groups is 1. The standard InChI is InChI=1S/C20H30N2O3/c1-2-24-22-20(23)18-13-12-17(25-16-10-6-7-11-16)14-19(18)21-15-8-4-3-5-9-15/h12-16,21H,2-11H2,1H3,(H,22,23). The van der Waals surface area contributed by atoms with Crippen molar-refractivity contribution in [2.45, 2.75) is 76.9 Å². The van der Waals surface area contributed by atoms with Crippen molar-refractivity contribution in [1.29, 1.82) is 0 Å². The summed E-state index contributed by atoms with van der Waals surface area (Å²) in [6.07, 6.45) is 11.1. The zero-order valence-electron chi connectivity index (χ0n) is 15.2. The molecular weight excluding hydrogens is 316 g/mol. The molecule has 3 rings (SSSR count). The van der Waals surface area contributed by atoms with Crippen LogP contribution in [-0.2, 0) is 4.84 Å². The molecule has 0 atom stereocenters. The summed E-state index contributed by atoms with van der Waals surface area (Å²) in [5.41, 5.74) is 3.96. The fourth-order valence-corrected chi connectivity index (χ4v) is 3.77. The highest BCUT2D eigenvalue weighted by molar-refractivity contribution is 5.99. The van der Waals surface area contributed by atoms with Crippen molar-refractivity contribution in [2.24, 2.45) is 0 Å². The van der Waals surface area contributed by atoms with E-state index in [0.29, 0.717) is 24.3 Å². The normalized spacial score (nSPS) is 18.9. The lowest BCUT2D eigenvalue weighted by molar-refractivity contribution is 0.0365. The molecule has 0 aliphatic heterocycles. The quantitative estimate of drug-likeness (QED) is 0.717. The zero-order valence-corrected chi connectivity index (χ0v) is 15.2. The fourth-order valence-electron chi connectivity index (χ4n) is 3.77. The number of hydroxylamine groups is 1. The van der Waals surface area contributed by atoms with E-state index in [-0.39, 0.29) is 5.91 Å². The molecular formula is C20H30N2O3. The minimum Gasteiger partial charge on any atom is -0.490 e. The van der Waals surface area contributed by atoms with E-state index in [1.54, 1.807) is 0 Å². The molecule has 0 spiro atoms. The second-order valence-corrected chi connectivity index (χ2v) is 7.08. The SMILES string of the molecule is CCONC(=O)c1ccc(OC2CCCC2)cc1NC1CCCCC1. The molecule has 0 saturated heterocycles. The van der Waals surface area contributed by atoms with Crippen LogP contribution >= 0.6 is 0 Å². The van der Waals surface area contributed by atoms with E-state index in [1.165, 1.54) is 32.1 Å². The first-order chi connectivity index (χ1) is 12.3. The topological polar surface area (TPSA) is 59.6 Å². The smallest absolute Gasteiger partial charge is 0.276 e. The van der Waals surface area contributed by atoms with Crippen molar-refractivity contribution >= 4 is 11.6 Å². The molecule has 0 bridgehead atoms. The number of hydrogen-bond donors (Lipinski definition) is 2. The average molecular weight is 346 g/mol. The third kappa shape index (κ3) is 5.11. The molecule has 1 amide bonds. The lowest BCUT2D eigenvalue weighted by Gasteiger charge is -2.25. The zero-order chi connectivity index (χ0) is 17.5. The van der Waals surface area contributed by atoms with Gasteiger partial charge in [-0.1, -0.05) is 19.3 Å². The minimum absolute atomic E-state index is 0.215. The van der Waals surface area contributed by atoms with E-state index in [1.807, 2.05) is 25.1 Å². The molecule has 2 N–H and O–H groups in total. The largest absolute Gasteiger partial charge is 0.490 e. The number of amides is 1. The summed E-state index contributed by atoms with van der Waals surface area (Å²) >= 11 is 0. The van der Waals surface area contributed by atoms with Crippen molar-refractivity contribution in [2.75, 3.05) is 11.9 Å². The van der Waals surface area contributed by atoms with Gasteiger partial charge in [0.25, 0.3) is 5.91 Å². The highest BCUT2D eigenvalue weighted by Gasteiger charge is 2.20. The number of nitrogens with one attached hydrogen (secondary N) is 2. The third-order valence-electron chi connectivity index (χ3n) is 5.11. The van der Waals surface area contributed by atoms with Crippen molar-refractivity contribution < 1.29 is 14.4 Å². The van der Waals surface area contributed by atoms with Crippen molar-refractivity contribution in [3.63, 3.8) is 0 Å². The Morgan fingerprint density at radius 1 is 1.08 bits per heavy atom. The molecule has 138 valence electrons. The predicted octanol–water partition coefficient (Wildman–Crippen LogP) is 4.43. The Balaban J connectivity index is 1.75. The van der Waals surface area contributed by atoms with Crippen LogP contribution in [0.4, 0.5) is 5.69 Å². The third-order valence-corrected chi connectivity index (χ3v) is 5.11. The number of rotatable bonds is 7. The Hall–Kier alpha value is -1.75. The van der Waals surface area contributed by atoms with Crippen LogP contribution in [0, 0.1) is 0 Å². The Bertz CT molecular complexity index is 564. The van der Waals surface area contributed by atoms with E-state index >= 15 is 0 Å². The van der Waals surface area contributed by atoms with Crippen LogP contribution in [0.2, 0.25) is 0 Å². The number of hydrogen-bond acceptors (Lipinski definition) is 4. The van der Waals surface area contributed by atoms with Crippen LogP contribution in [0.25, 0.3) is 0 Å². The van der Waals surface area contributed by atoms with Gasteiger partial charge in [-0.3, -0.25) is 9.63 Å². The van der Waals surface area contributed by atoms with Crippen LogP contribution in [0.15, 0.2) is 18.2 Å². The van der Waals surface area contributed by atoms with Gasteiger partial charge in [-0.25, -0.2) is 5.48 Å². The van der Waals surface area contributed by atoms with E-state index < -0.39 is 0 Å². The first-order valence-electron chi connectivity index (χ1n) is 9.75. The summed E-state index contributed by atoms with van der Waals surface area (Å²) in [6.45, 7) is 2.29. The van der Waals surface area contributed by atoms with Crippen LogP contribution in [0.5, 0.6) is 5.75 Å². The Morgan fingerprint density at radius 3 is 2.52 bits per heavy atom. The second kappa shape index (κ2) is 9.09. The molecule has 5 heteroatoms. The highest BCUT2D eigenvalue weighted by Crippen LogP contribution is 2.30. The first kappa shape index (κ1) is 18.1. The summed E-state index contributed by atoms with van der Waals surface area (Å²) in [4.78, 5) is 17.5. The summed E-state index contributed by atoms with van der Waals surface area (Å²) in [6, 6.07) is 6.14. The predicted molar refractivity (Wildman–Crippen MR) is 98.9 cm³/mol. The van der Waals surface area contributed by atoms with Gasteiger partial charge >= 0.3 is 0 Å². The molecule has 5 nitrogen and oxygen atoms in total. The Labute approximate surface area is 150 Å². The van der Waals surface area contributed by atoms with Crippen LogP contribution in [0.3, 0.4) is 0 Å². The molecule has 2 aliphatic rings. The van der Waals surface area contributed by atoms with Gasteiger partial charge in [0.05, 0.1) is 24.0 Å². The number of benzene rings is 1. The fraction of sp³-hybridized carbons (Fsp3) is 0.650. The average Bonchev–Trinajstić information content (AvgIpc) is 3.14. The van der Waals surface area contributed by atoms with Gasteiger partial charge in [0.1, 0.15) is 5.75 Å². The van der Waals surface area contributed by atoms with E-state index in [2.05, 4.69) is 10.8 Å². The van der Waals surface area contributed by atoms with Crippen molar-refractivity contribution in [3.8, 4) is 5.75 Å². The van der Waals surface area contributed by atoms with Crippen molar-refractivity contribution in [1.82, 2.24) is 5.48 Å². The maximum atomic E-state index is 12.4. The number of ether oxygens (including phenoxy) is 1. The summed E-state index contributed by atoms with van der Waals surface area (Å²) in [5, 5.41) is 3.58. The monoisotopic (exact) mass is 346 g/mol. The van der Waals surface area contributed by atoms with E-state index in [0.717, 1.165) is 37.1 Å². The van der Waals surface area contributed by atoms with Crippen LogP contribution in [-0.4, -0.2) is 24.7 Å². The summed E-state index contributed by atoms with van der Waals surface area (Å²) < 4.78 is 6.12. The second-order valence-electron chi connectivity index (χ2n) is 7.08. The van der Waals surface area contributed by atoms with Gasteiger partial charge in [0, 0.05) is 12.1 Å². The number of carbonyl (C=O) groups excluding carboxylic acids is 1. The molecule has 0 heterocycles. The van der Waals surface area contributed by atoms with E-state index in [9.17, 15) is 4.79 Å². The summed E-state index contributed by atoms with van der Waals surface area (Å²) in [5.74, 6) is 0.630. The van der Waals surface area contributed by atoms with Crippen molar-refractivity contribution in [3.05, 3.63) is 23.8 Å². The molecule has 1 aromatic carbocycles. The van der Waals surface area contributed by atoms with Gasteiger partial charge in [-0.2, -0.15) is 0 Å². The molecule has 0 radical (unpaired) electrons. The lowest BCUT2D eigenvalue weighted by Crippen LogP contribution is -2.27. The van der Waals surface area contributed by atoms with Gasteiger partial charge in [0.15, 0.2) is 0 Å². The minimum atomic E-state index is -0.215. The molecule has 25 heavy (non-hydrogen) atoms. The van der Waals surface area contributed by atoms with Gasteiger partial charge in [0.2, 0.25) is 0 Å². The maximum absolute atomic E-state index is 12.4. The van der Waals surface area contributed by atoms with Crippen LogP contribution < -0.4 is 15.5 Å². The summed E-state index contributed by atoms with van der Waals surface area (Å²) in [7, 11) is 0. The molecule has 0 aromatic heterocycles. The molecule has 1 aromatic rings.